The van der Waals surface area contributed by atoms with E-state index in [0.29, 0.717) is 24.2 Å². The zero-order chi connectivity index (χ0) is 21.7. The summed E-state index contributed by atoms with van der Waals surface area (Å²) in [6.07, 6.45) is 1.60. The monoisotopic (exact) mass is 407 g/mol. The highest BCUT2D eigenvalue weighted by atomic mass is 16.5. The van der Waals surface area contributed by atoms with Crippen LogP contribution in [-0.2, 0) is 9.53 Å². The van der Waals surface area contributed by atoms with Gasteiger partial charge in [-0.15, -0.1) is 5.11 Å². The van der Waals surface area contributed by atoms with E-state index >= 15 is 0 Å². The molecular weight excluding hydrogens is 382 g/mol. The lowest BCUT2D eigenvalue weighted by atomic mass is 9.99. The molecule has 1 heterocycles. The van der Waals surface area contributed by atoms with E-state index in [1.54, 1.807) is 38.1 Å². The van der Waals surface area contributed by atoms with Gasteiger partial charge in [0.1, 0.15) is 6.17 Å². The Kier molecular flexibility index (Phi) is 6.46. The molecule has 0 aromatic heterocycles. The summed E-state index contributed by atoms with van der Waals surface area (Å²) >= 11 is 0. The molecule has 1 aliphatic rings. The van der Waals surface area contributed by atoms with Gasteiger partial charge in [0.15, 0.2) is 0 Å². The number of rotatable bonds is 5. The predicted molar refractivity (Wildman–Crippen MR) is 116 cm³/mol. The van der Waals surface area contributed by atoms with Crippen molar-refractivity contribution in [2.45, 2.75) is 19.5 Å². The van der Waals surface area contributed by atoms with E-state index in [2.05, 4.69) is 15.7 Å². The van der Waals surface area contributed by atoms with E-state index in [1.807, 2.05) is 36.4 Å². The molecule has 30 heavy (non-hydrogen) atoms. The number of hydrogen-bond acceptors (Lipinski definition) is 6. The van der Waals surface area contributed by atoms with Gasteiger partial charge in [0, 0.05) is 37.3 Å². The molecule has 0 saturated heterocycles. The molecule has 8 nitrogen and oxygen atoms in total. The minimum absolute atomic E-state index is 0.0600. The standard InChI is InChI=1S/C22H25N5O3/c1-4-30-22(29)18-11-16-9-8-15(12-19(16)24-20(13-18)25-26-23)14-6-5-7-17(10-14)21(28)27(2)3/h5-12,20,24H,4,13H2,1-3H3,(H2,23,25). The Bertz CT molecular complexity index is 1010. The summed E-state index contributed by atoms with van der Waals surface area (Å²) in [6.45, 7) is 2.06. The molecule has 1 aliphatic heterocycles. The van der Waals surface area contributed by atoms with Crippen molar-refractivity contribution >= 4 is 23.6 Å². The van der Waals surface area contributed by atoms with Crippen LogP contribution < -0.4 is 11.2 Å². The number of anilines is 1. The Hall–Kier alpha value is -3.68. The van der Waals surface area contributed by atoms with E-state index in [0.717, 1.165) is 22.4 Å². The van der Waals surface area contributed by atoms with Crippen LogP contribution in [0.25, 0.3) is 17.2 Å². The third-order valence-corrected chi connectivity index (χ3v) is 4.71. The Morgan fingerprint density at radius 2 is 1.97 bits per heavy atom. The van der Waals surface area contributed by atoms with Crippen molar-refractivity contribution in [3.8, 4) is 11.1 Å². The average molecular weight is 407 g/mol. The lowest BCUT2D eigenvalue weighted by Gasteiger charge is -2.15. The van der Waals surface area contributed by atoms with Gasteiger partial charge in [-0.25, -0.2) is 4.79 Å². The summed E-state index contributed by atoms with van der Waals surface area (Å²) in [5.41, 5.74) is 4.55. The smallest absolute Gasteiger partial charge is 0.334 e. The molecule has 1 unspecified atom stereocenters. The molecule has 0 fully saturated rings. The highest BCUT2D eigenvalue weighted by molar-refractivity contribution is 5.97. The number of hydrogen-bond donors (Lipinski definition) is 2. The second-order valence-electron chi connectivity index (χ2n) is 7.07. The molecule has 0 aliphatic carbocycles. The van der Waals surface area contributed by atoms with Crippen LogP contribution >= 0.6 is 0 Å². The van der Waals surface area contributed by atoms with Crippen LogP contribution in [-0.4, -0.2) is 43.6 Å². The van der Waals surface area contributed by atoms with Gasteiger partial charge in [0.05, 0.1) is 6.61 Å². The summed E-state index contributed by atoms with van der Waals surface area (Å²) in [7, 11) is 3.45. The molecular formula is C22H25N5O3. The SMILES string of the molecule is CCOC(=O)C1=Cc2ccc(-c3cccc(C(=O)N(C)C)c3)cc2NC(N=NN)C1. The van der Waals surface area contributed by atoms with E-state index in [9.17, 15) is 9.59 Å². The number of fused-ring (bicyclic) bond motifs is 1. The van der Waals surface area contributed by atoms with Crippen molar-refractivity contribution < 1.29 is 14.3 Å². The number of amides is 1. The molecule has 2 aromatic rings. The zero-order valence-corrected chi connectivity index (χ0v) is 17.3. The first kappa shape index (κ1) is 21.0. The lowest BCUT2D eigenvalue weighted by molar-refractivity contribution is -0.138. The van der Waals surface area contributed by atoms with Gasteiger partial charge >= 0.3 is 5.97 Å². The van der Waals surface area contributed by atoms with Crippen molar-refractivity contribution in [1.82, 2.24) is 4.90 Å². The predicted octanol–water partition coefficient (Wildman–Crippen LogP) is 3.47. The molecule has 8 heteroatoms. The Morgan fingerprint density at radius 1 is 1.20 bits per heavy atom. The third kappa shape index (κ3) is 4.65. The third-order valence-electron chi connectivity index (χ3n) is 4.71. The molecule has 0 saturated carbocycles. The van der Waals surface area contributed by atoms with Crippen molar-refractivity contribution in [1.29, 1.82) is 0 Å². The maximum absolute atomic E-state index is 12.3. The van der Waals surface area contributed by atoms with Crippen LogP contribution in [0.1, 0.15) is 29.3 Å². The Morgan fingerprint density at radius 3 is 2.67 bits per heavy atom. The number of benzene rings is 2. The number of ether oxygens (including phenoxy) is 1. The van der Waals surface area contributed by atoms with E-state index in [-0.39, 0.29) is 11.9 Å². The van der Waals surface area contributed by atoms with Gasteiger partial charge in [-0.05, 0) is 47.9 Å². The van der Waals surface area contributed by atoms with Gasteiger partial charge < -0.3 is 20.8 Å². The second kappa shape index (κ2) is 9.21. The molecule has 156 valence electrons. The fourth-order valence-electron chi connectivity index (χ4n) is 3.28. The quantitative estimate of drug-likeness (QED) is 0.341. The molecule has 2 aromatic carbocycles. The fourth-order valence-corrected chi connectivity index (χ4v) is 3.28. The van der Waals surface area contributed by atoms with Crippen LogP contribution in [0, 0.1) is 0 Å². The highest BCUT2D eigenvalue weighted by Crippen LogP contribution is 2.32. The van der Waals surface area contributed by atoms with Crippen molar-refractivity contribution in [2.24, 2.45) is 16.2 Å². The topological polar surface area (TPSA) is 109 Å². The molecule has 0 radical (unpaired) electrons. The number of nitrogens with zero attached hydrogens (tertiary/aromatic N) is 3. The van der Waals surface area contributed by atoms with Crippen LogP contribution in [0.3, 0.4) is 0 Å². The van der Waals surface area contributed by atoms with Gasteiger partial charge in [-0.2, -0.15) is 0 Å². The van der Waals surface area contributed by atoms with Crippen LogP contribution in [0.2, 0.25) is 0 Å². The first-order valence-corrected chi connectivity index (χ1v) is 9.63. The molecule has 0 spiro atoms. The summed E-state index contributed by atoms with van der Waals surface area (Å²) < 4.78 is 5.15. The minimum Gasteiger partial charge on any atom is -0.463 e. The molecule has 3 rings (SSSR count). The van der Waals surface area contributed by atoms with Gasteiger partial charge in [-0.1, -0.05) is 29.5 Å². The van der Waals surface area contributed by atoms with Crippen molar-refractivity contribution in [3.05, 3.63) is 59.2 Å². The summed E-state index contributed by atoms with van der Waals surface area (Å²) in [6, 6.07) is 13.3. The highest BCUT2D eigenvalue weighted by Gasteiger charge is 2.22. The largest absolute Gasteiger partial charge is 0.463 e. The van der Waals surface area contributed by atoms with Crippen molar-refractivity contribution in [3.63, 3.8) is 0 Å². The first-order valence-electron chi connectivity index (χ1n) is 9.63. The fraction of sp³-hybridized carbons (Fsp3) is 0.273. The van der Waals surface area contributed by atoms with Crippen LogP contribution in [0.4, 0.5) is 5.69 Å². The van der Waals surface area contributed by atoms with Gasteiger partial charge in [-0.3, -0.25) is 4.79 Å². The van der Waals surface area contributed by atoms with Gasteiger partial charge in [0.25, 0.3) is 5.91 Å². The van der Waals surface area contributed by atoms with E-state index in [1.165, 1.54) is 0 Å². The van der Waals surface area contributed by atoms with Crippen LogP contribution in [0.5, 0.6) is 0 Å². The van der Waals surface area contributed by atoms with Crippen LogP contribution in [0.15, 0.2) is 58.4 Å². The van der Waals surface area contributed by atoms with Crippen molar-refractivity contribution in [2.75, 3.05) is 26.0 Å². The summed E-state index contributed by atoms with van der Waals surface area (Å²) in [5.74, 6) is 4.80. The maximum atomic E-state index is 12.3. The number of carbonyl (C=O) groups excluding carboxylic acids is 2. The number of esters is 1. The Labute approximate surface area is 175 Å². The van der Waals surface area contributed by atoms with E-state index in [4.69, 9.17) is 10.6 Å². The molecule has 0 bridgehead atoms. The number of nitrogens with two attached hydrogens (primary N) is 1. The van der Waals surface area contributed by atoms with E-state index < -0.39 is 6.17 Å². The Balaban J connectivity index is 2.01. The van der Waals surface area contributed by atoms with Gasteiger partial charge in [0.2, 0.25) is 0 Å². The molecule has 1 atom stereocenters. The summed E-state index contributed by atoms with van der Waals surface area (Å²) in [4.78, 5) is 26.1. The maximum Gasteiger partial charge on any atom is 0.334 e. The molecule has 3 N–H and O–H groups in total. The minimum atomic E-state index is -0.496. The normalized spacial score (nSPS) is 15.6. The number of carbonyl (C=O) groups is 2. The summed E-state index contributed by atoms with van der Waals surface area (Å²) in [5, 5.41) is 10.6. The zero-order valence-electron chi connectivity index (χ0n) is 17.3. The number of nitrogens with one attached hydrogen (secondary N) is 1. The first-order chi connectivity index (χ1) is 14.4. The second-order valence-corrected chi connectivity index (χ2v) is 7.07. The molecule has 1 amide bonds. The average Bonchev–Trinajstić information content (AvgIpc) is 2.92. The lowest BCUT2D eigenvalue weighted by Crippen LogP contribution is -2.21.